The van der Waals surface area contributed by atoms with Gasteiger partial charge in [0.05, 0.1) is 29.5 Å². The molecule has 3 aromatic rings. The zero-order chi connectivity index (χ0) is 20.7. The van der Waals surface area contributed by atoms with E-state index in [0.29, 0.717) is 11.3 Å². The van der Waals surface area contributed by atoms with E-state index in [1.807, 2.05) is 24.3 Å². The molecule has 0 amide bonds. The Balaban J connectivity index is 0.000000203. The molecule has 0 saturated carbocycles. The van der Waals surface area contributed by atoms with Crippen LogP contribution in [0.15, 0.2) is 51.3 Å². The lowest BCUT2D eigenvalue weighted by Gasteiger charge is -2.01. The standard InChI is InChI=1S/C11H10N2OS.C8H10N2O3/c1-8(14)7-15-11-6-12-9-4-2-3-5-10(9)13-11;1-5-3-10(4-6(2)11)8(13)9-7(5)12/h2-6H,7H2,1H3;3H,4H2,1-2H3,(H,9,12,13). The number of ketones is 2. The summed E-state index contributed by atoms with van der Waals surface area (Å²) in [6, 6.07) is 7.69. The third-order valence-corrected chi connectivity index (χ3v) is 4.48. The van der Waals surface area contributed by atoms with E-state index >= 15 is 0 Å². The summed E-state index contributed by atoms with van der Waals surface area (Å²) in [7, 11) is 0. The molecule has 0 aliphatic carbocycles. The van der Waals surface area contributed by atoms with Crippen molar-refractivity contribution >= 4 is 34.4 Å². The molecule has 146 valence electrons. The molecule has 1 aromatic carbocycles. The molecule has 28 heavy (non-hydrogen) atoms. The molecule has 1 N–H and O–H groups in total. The number of aromatic amines is 1. The number of fused-ring (bicyclic) bond motifs is 1. The van der Waals surface area contributed by atoms with Crippen molar-refractivity contribution in [3.8, 4) is 0 Å². The molecule has 0 bridgehead atoms. The monoisotopic (exact) mass is 400 g/mol. The third-order valence-electron chi connectivity index (χ3n) is 3.43. The van der Waals surface area contributed by atoms with Gasteiger partial charge < -0.3 is 0 Å². The van der Waals surface area contributed by atoms with E-state index < -0.39 is 11.2 Å². The van der Waals surface area contributed by atoms with Crippen molar-refractivity contribution in [1.29, 1.82) is 0 Å². The van der Waals surface area contributed by atoms with Crippen molar-refractivity contribution in [3.05, 3.63) is 63.1 Å². The van der Waals surface area contributed by atoms with Crippen LogP contribution in [0.4, 0.5) is 0 Å². The Bertz CT molecular complexity index is 1120. The van der Waals surface area contributed by atoms with Crippen LogP contribution in [0.3, 0.4) is 0 Å². The van der Waals surface area contributed by atoms with E-state index in [2.05, 4.69) is 15.0 Å². The molecule has 2 heterocycles. The van der Waals surface area contributed by atoms with Crippen LogP contribution in [0, 0.1) is 6.92 Å². The summed E-state index contributed by atoms with van der Waals surface area (Å²) >= 11 is 1.42. The number of carbonyl (C=O) groups excluding carboxylic acids is 2. The van der Waals surface area contributed by atoms with Crippen molar-refractivity contribution in [2.24, 2.45) is 0 Å². The Morgan fingerprint density at radius 3 is 2.43 bits per heavy atom. The maximum Gasteiger partial charge on any atom is 0.328 e. The minimum Gasteiger partial charge on any atom is -0.299 e. The molecule has 0 aliphatic rings. The molecule has 0 atom stereocenters. The number of hydrogen-bond acceptors (Lipinski definition) is 7. The number of H-pyrrole nitrogens is 1. The number of para-hydroxylation sites is 2. The smallest absolute Gasteiger partial charge is 0.299 e. The molecule has 0 aliphatic heterocycles. The lowest BCUT2D eigenvalue weighted by atomic mass is 10.3. The van der Waals surface area contributed by atoms with Crippen molar-refractivity contribution < 1.29 is 9.59 Å². The fourth-order valence-electron chi connectivity index (χ4n) is 2.16. The van der Waals surface area contributed by atoms with Gasteiger partial charge in [0.1, 0.15) is 16.6 Å². The molecule has 0 unspecified atom stereocenters. The minimum atomic E-state index is -0.550. The number of benzene rings is 1. The number of aryl methyl sites for hydroxylation is 1. The van der Waals surface area contributed by atoms with Crippen LogP contribution in [-0.2, 0) is 16.1 Å². The van der Waals surface area contributed by atoms with Gasteiger partial charge in [-0.05, 0) is 32.9 Å². The van der Waals surface area contributed by atoms with Crippen molar-refractivity contribution in [3.63, 3.8) is 0 Å². The molecule has 0 saturated heterocycles. The molecular weight excluding hydrogens is 380 g/mol. The highest BCUT2D eigenvalue weighted by Crippen LogP contribution is 2.17. The Morgan fingerprint density at radius 1 is 1.11 bits per heavy atom. The van der Waals surface area contributed by atoms with Crippen LogP contribution >= 0.6 is 11.8 Å². The first-order valence-electron chi connectivity index (χ1n) is 8.40. The van der Waals surface area contributed by atoms with Gasteiger partial charge in [-0.2, -0.15) is 0 Å². The van der Waals surface area contributed by atoms with Crippen LogP contribution in [0.1, 0.15) is 19.4 Å². The SMILES string of the molecule is CC(=O)CSc1cnc2ccccc2n1.CC(=O)Cn1cc(C)c(=O)[nH]c1=O. The summed E-state index contributed by atoms with van der Waals surface area (Å²) in [5.74, 6) is 0.469. The van der Waals surface area contributed by atoms with E-state index in [1.165, 1.54) is 29.4 Å². The van der Waals surface area contributed by atoms with Crippen LogP contribution in [0.2, 0.25) is 0 Å². The van der Waals surface area contributed by atoms with Gasteiger partial charge in [0.25, 0.3) is 5.56 Å². The summed E-state index contributed by atoms with van der Waals surface area (Å²) in [6.07, 6.45) is 3.08. The molecule has 9 heteroatoms. The Morgan fingerprint density at radius 2 is 1.79 bits per heavy atom. The van der Waals surface area contributed by atoms with Gasteiger partial charge in [-0.1, -0.05) is 23.9 Å². The molecule has 0 spiro atoms. The zero-order valence-electron chi connectivity index (χ0n) is 15.8. The quantitative estimate of drug-likeness (QED) is 0.649. The lowest BCUT2D eigenvalue weighted by Crippen LogP contribution is -2.32. The van der Waals surface area contributed by atoms with Gasteiger partial charge in [0, 0.05) is 11.8 Å². The average Bonchev–Trinajstić information content (AvgIpc) is 2.64. The second kappa shape index (κ2) is 9.75. The van der Waals surface area contributed by atoms with E-state index in [4.69, 9.17) is 0 Å². The largest absolute Gasteiger partial charge is 0.328 e. The number of thioether (sulfide) groups is 1. The number of Topliss-reactive ketones (excluding diaryl/α,β-unsaturated/α-hetero) is 2. The number of carbonyl (C=O) groups is 2. The summed E-state index contributed by atoms with van der Waals surface area (Å²) in [6.45, 7) is 4.53. The van der Waals surface area contributed by atoms with Crippen LogP contribution in [0.25, 0.3) is 11.0 Å². The van der Waals surface area contributed by atoms with Crippen LogP contribution in [0.5, 0.6) is 0 Å². The molecule has 3 rings (SSSR count). The predicted octanol–water partition coefficient (Wildman–Crippen LogP) is 1.74. The number of nitrogens with one attached hydrogen (secondary N) is 1. The van der Waals surface area contributed by atoms with E-state index in [-0.39, 0.29) is 18.1 Å². The minimum absolute atomic E-state index is 0.00352. The zero-order valence-corrected chi connectivity index (χ0v) is 16.6. The highest BCUT2D eigenvalue weighted by Gasteiger charge is 2.02. The van der Waals surface area contributed by atoms with Gasteiger partial charge in [-0.3, -0.25) is 28.9 Å². The maximum atomic E-state index is 11.1. The van der Waals surface area contributed by atoms with Gasteiger partial charge in [0.2, 0.25) is 0 Å². The predicted molar refractivity (Wildman–Crippen MR) is 108 cm³/mol. The van der Waals surface area contributed by atoms with Gasteiger partial charge >= 0.3 is 5.69 Å². The molecule has 0 fully saturated rings. The first-order valence-corrected chi connectivity index (χ1v) is 9.38. The summed E-state index contributed by atoms with van der Waals surface area (Å²) in [5.41, 5.74) is 1.20. The number of rotatable bonds is 5. The topological polar surface area (TPSA) is 115 Å². The van der Waals surface area contributed by atoms with Crippen LogP contribution in [-0.4, -0.2) is 36.8 Å². The summed E-state index contributed by atoms with van der Waals surface area (Å²) in [5, 5.41) is 0.795. The van der Waals surface area contributed by atoms with Crippen LogP contribution < -0.4 is 11.2 Å². The number of aromatic nitrogens is 4. The Labute approximate surface area is 165 Å². The second-order valence-electron chi connectivity index (χ2n) is 6.09. The second-order valence-corrected chi connectivity index (χ2v) is 7.08. The summed E-state index contributed by atoms with van der Waals surface area (Å²) < 4.78 is 1.18. The molecular formula is C19H20N4O4S. The number of hydrogen-bond donors (Lipinski definition) is 1. The van der Waals surface area contributed by atoms with Crippen molar-refractivity contribution in [1.82, 2.24) is 19.5 Å². The lowest BCUT2D eigenvalue weighted by molar-refractivity contribution is -0.117. The van der Waals surface area contributed by atoms with Crippen molar-refractivity contribution in [2.45, 2.75) is 32.3 Å². The van der Waals surface area contributed by atoms with Gasteiger partial charge in [-0.25, -0.2) is 9.78 Å². The third kappa shape index (κ3) is 6.27. The number of nitrogens with zero attached hydrogens (tertiary/aromatic N) is 3. The van der Waals surface area contributed by atoms with E-state index in [1.54, 1.807) is 20.0 Å². The maximum absolute atomic E-state index is 11.1. The van der Waals surface area contributed by atoms with E-state index in [0.717, 1.165) is 16.1 Å². The fourth-order valence-corrected chi connectivity index (χ4v) is 2.80. The van der Waals surface area contributed by atoms with Crippen molar-refractivity contribution in [2.75, 3.05) is 5.75 Å². The van der Waals surface area contributed by atoms with E-state index in [9.17, 15) is 19.2 Å². The first-order chi connectivity index (χ1) is 13.3. The van der Waals surface area contributed by atoms with Gasteiger partial charge in [0.15, 0.2) is 0 Å². The van der Waals surface area contributed by atoms with Gasteiger partial charge in [-0.15, -0.1) is 0 Å². The Kier molecular flexibility index (Phi) is 7.39. The highest BCUT2D eigenvalue weighted by atomic mass is 32.2. The molecule has 0 radical (unpaired) electrons. The highest BCUT2D eigenvalue weighted by molar-refractivity contribution is 7.99. The summed E-state index contributed by atoms with van der Waals surface area (Å²) in [4.78, 5) is 54.3. The Hall–Kier alpha value is -3.07. The fraction of sp³-hybridized carbons (Fsp3) is 0.263. The first kappa shape index (κ1) is 21.2. The average molecular weight is 400 g/mol. The molecule has 2 aromatic heterocycles. The normalized spacial score (nSPS) is 10.2. The molecule has 8 nitrogen and oxygen atoms in total.